The summed E-state index contributed by atoms with van der Waals surface area (Å²) < 4.78 is 11.6. The number of unbranched alkanes of at least 4 members (excludes halogenated alkanes) is 1. The molecular weight excluding hydrogens is 404 g/mol. The Hall–Kier alpha value is -2.57. The monoisotopic (exact) mass is 438 g/mol. The number of piperidine rings is 1. The van der Waals surface area contributed by atoms with Gasteiger partial charge in [-0.05, 0) is 49.8 Å². The van der Waals surface area contributed by atoms with Gasteiger partial charge in [-0.2, -0.15) is 0 Å². The number of likely N-dealkylation sites (tertiary alicyclic amines) is 1. The second kappa shape index (κ2) is 11.3. The fourth-order valence-electron chi connectivity index (χ4n) is 4.39. The number of carbonyl (C=O) groups excluding carboxylic acids is 1. The van der Waals surface area contributed by atoms with Crippen molar-refractivity contribution in [1.82, 2.24) is 10.2 Å². The van der Waals surface area contributed by atoms with Crippen LogP contribution in [0.4, 0.5) is 0 Å². The van der Waals surface area contributed by atoms with Gasteiger partial charge in [-0.25, -0.2) is 0 Å². The highest BCUT2D eigenvalue weighted by Crippen LogP contribution is 2.31. The second-order valence-electron chi connectivity index (χ2n) is 8.74. The first-order chi connectivity index (χ1) is 15.7. The number of aryl methyl sites for hydroxylation is 1. The molecule has 0 aliphatic carbocycles. The van der Waals surface area contributed by atoms with E-state index in [0.29, 0.717) is 31.4 Å². The molecule has 2 heterocycles. The lowest BCUT2D eigenvalue weighted by Gasteiger charge is -2.34. The van der Waals surface area contributed by atoms with Gasteiger partial charge in [0.15, 0.2) is 17.6 Å². The van der Waals surface area contributed by atoms with Crippen LogP contribution in [-0.4, -0.2) is 60.4 Å². The summed E-state index contributed by atoms with van der Waals surface area (Å²) in [5.41, 5.74) is 1.34. The summed E-state index contributed by atoms with van der Waals surface area (Å²) in [7, 11) is 0. The molecule has 1 saturated heterocycles. The van der Waals surface area contributed by atoms with Gasteiger partial charge in [-0.15, -0.1) is 0 Å². The zero-order valence-electron chi connectivity index (χ0n) is 18.6. The molecule has 32 heavy (non-hydrogen) atoms. The van der Waals surface area contributed by atoms with Gasteiger partial charge in [0.05, 0.1) is 0 Å². The summed E-state index contributed by atoms with van der Waals surface area (Å²) >= 11 is 0. The molecule has 6 nitrogen and oxygen atoms in total. The van der Waals surface area contributed by atoms with Crippen molar-refractivity contribution in [3.63, 3.8) is 0 Å². The van der Waals surface area contributed by atoms with Crippen molar-refractivity contribution in [2.24, 2.45) is 0 Å². The quantitative estimate of drug-likeness (QED) is 0.589. The predicted octanol–water partition coefficient (Wildman–Crippen LogP) is 3.18. The number of ether oxygens (including phenoxy) is 2. The molecule has 0 saturated carbocycles. The van der Waals surface area contributed by atoms with Crippen LogP contribution in [0.3, 0.4) is 0 Å². The van der Waals surface area contributed by atoms with Crippen molar-refractivity contribution in [3.8, 4) is 11.5 Å². The SMILES string of the molecule is O=C(CCCCc1ccccc1)N1CCC(NCC(O)C2COc3ccccc3O2)CC1. The summed E-state index contributed by atoms with van der Waals surface area (Å²) in [6.45, 7) is 2.36. The molecule has 2 aromatic rings. The van der Waals surface area contributed by atoms with Gasteiger partial charge in [-0.3, -0.25) is 4.79 Å². The van der Waals surface area contributed by atoms with Crippen molar-refractivity contribution in [2.75, 3.05) is 26.2 Å². The highest BCUT2D eigenvalue weighted by molar-refractivity contribution is 5.76. The number of aliphatic hydroxyl groups is 1. The molecule has 2 aliphatic heterocycles. The summed E-state index contributed by atoms with van der Waals surface area (Å²) in [5.74, 6) is 1.67. The topological polar surface area (TPSA) is 71.0 Å². The molecule has 2 aromatic carbocycles. The number of benzene rings is 2. The first-order valence-corrected chi connectivity index (χ1v) is 11.8. The molecule has 6 heteroatoms. The molecule has 2 aliphatic rings. The van der Waals surface area contributed by atoms with Crippen molar-refractivity contribution in [3.05, 3.63) is 60.2 Å². The van der Waals surface area contributed by atoms with E-state index in [1.54, 1.807) is 0 Å². The van der Waals surface area contributed by atoms with Crippen molar-refractivity contribution in [1.29, 1.82) is 0 Å². The first kappa shape index (κ1) is 22.6. The summed E-state index contributed by atoms with van der Waals surface area (Å²) in [6, 6.07) is 18.3. The molecular formula is C26H34N2O4. The van der Waals surface area contributed by atoms with Gasteiger partial charge in [0.1, 0.15) is 12.7 Å². The Kier molecular flexibility index (Phi) is 8.02. The van der Waals surface area contributed by atoms with Gasteiger partial charge in [-0.1, -0.05) is 42.5 Å². The van der Waals surface area contributed by atoms with E-state index >= 15 is 0 Å². The summed E-state index contributed by atoms with van der Waals surface area (Å²) in [4.78, 5) is 14.5. The minimum Gasteiger partial charge on any atom is -0.486 e. The fourth-order valence-corrected chi connectivity index (χ4v) is 4.39. The number of amides is 1. The molecule has 0 radical (unpaired) electrons. The number of hydrogen-bond acceptors (Lipinski definition) is 5. The lowest BCUT2D eigenvalue weighted by atomic mass is 10.0. The van der Waals surface area contributed by atoms with Crippen molar-refractivity contribution >= 4 is 5.91 Å². The average Bonchev–Trinajstić information content (AvgIpc) is 2.85. The molecule has 0 aromatic heterocycles. The number of nitrogens with one attached hydrogen (secondary N) is 1. The van der Waals surface area contributed by atoms with Gasteiger partial charge >= 0.3 is 0 Å². The van der Waals surface area contributed by atoms with Crippen LogP contribution in [0.2, 0.25) is 0 Å². The van der Waals surface area contributed by atoms with Crippen molar-refractivity contribution < 1.29 is 19.4 Å². The van der Waals surface area contributed by atoms with Crippen LogP contribution in [0.25, 0.3) is 0 Å². The van der Waals surface area contributed by atoms with Crippen molar-refractivity contribution in [2.45, 2.75) is 56.8 Å². The standard InChI is InChI=1S/C26H34N2O4/c29-22(25-19-31-23-11-5-6-12-24(23)32-25)18-27-21-14-16-28(17-15-21)26(30)13-7-4-10-20-8-2-1-3-9-20/h1-3,5-6,8-9,11-12,21-22,25,27,29H,4,7,10,13-19H2. The van der Waals surface area contributed by atoms with E-state index in [2.05, 4.69) is 29.6 Å². The van der Waals surface area contributed by atoms with E-state index in [1.165, 1.54) is 5.56 Å². The number of fused-ring (bicyclic) bond motifs is 1. The van der Waals surface area contributed by atoms with Crippen LogP contribution in [0.1, 0.15) is 37.7 Å². The molecule has 172 valence electrons. The number of para-hydroxylation sites is 2. The number of nitrogens with zero attached hydrogens (tertiary/aromatic N) is 1. The smallest absolute Gasteiger partial charge is 0.222 e. The normalized spacial score (nSPS) is 19.5. The highest BCUT2D eigenvalue weighted by atomic mass is 16.6. The third kappa shape index (κ3) is 6.24. The van der Waals surface area contributed by atoms with Gasteiger partial charge in [0.2, 0.25) is 5.91 Å². The maximum Gasteiger partial charge on any atom is 0.222 e. The number of rotatable bonds is 9. The Bertz CT molecular complexity index is 852. The maximum atomic E-state index is 12.5. The number of hydrogen-bond donors (Lipinski definition) is 2. The van der Waals surface area contributed by atoms with Crippen LogP contribution in [-0.2, 0) is 11.2 Å². The average molecular weight is 439 g/mol. The molecule has 2 N–H and O–H groups in total. The summed E-state index contributed by atoms with van der Waals surface area (Å²) in [5, 5.41) is 14.0. The fraction of sp³-hybridized carbons (Fsp3) is 0.500. The molecule has 1 amide bonds. The van der Waals surface area contributed by atoms with E-state index < -0.39 is 6.10 Å². The highest BCUT2D eigenvalue weighted by Gasteiger charge is 2.29. The van der Waals surface area contributed by atoms with E-state index in [-0.39, 0.29) is 12.0 Å². The van der Waals surface area contributed by atoms with Gasteiger partial charge in [0, 0.05) is 32.1 Å². The maximum absolute atomic E-state index is 12.5. The van der Waals surface area contributed by atoms with E-state index in [1.807, 2.05) is 35.2 Å². The Morgan fingerprint density at radius 3 is 2.53 bits per heavy atom. The lowest BCUT2D eigenvalue weighted by molar-refractivity contribution is -0.132. The second-order valence-corrected chi connectivity index (χ2v) is 8.74. The minimum atomic E-state index is -0.646. The molecule has 0 bridgehead atoms. The van der Waals surface area contributed by atoms with Crippen LogP contribution in [0.15, 0.2) is 54.6 Å². The third-order valence-corrected chi connectivity index (χ3v) is 6.37. The minimum absolute atomic E-state index is 0.267. The Balaban J connectivity index is 1.10. The largest absolute Gasteiger partial charge is 0.486 e. The third-order valence-electron chi connectivity index (χ3n) is 6.37. The lowest BCUT2D eigenvalue weighted by Crippen LogP contribution is -2.50. The van der Waals surface area contributed by atoms with E-state index in [4.69, 9.17) is 9.47 Å². The Morgan fingerprint density at radius 2 is 1.75 bits per heavy atom. The molecule has 0 spiro atoms. The molecule has 4 rings (SSSR count). The van der Waals surface area contributed by atoms with Gasteiger partial charge in [0.25, 0.3) is 0 Å². The zero-order valence-corrected chi connectivity index (χ0v) is 18.6. The van der Waals surface area contributed by atoms with Crippen LogP contribution in [0, 0.1) is 0 Å². The molecule has 1 fully saturated rings. The first-order valence-electron chi connectivity index (χ1n) is 11.8. The van der Waals surface area contributed by atoms with Crippen LogP contribution < -0.4 is 14.8 Å². The van der Waals surface area contributed by atoms with Gasteiger partial charge < -0.3 is 24.8 Å². The van der Waals surface area contributed by atoms with Crippen LogP contribution in [0.5, 0.6) is 11.5 Å². The van der Waals surface area contributed by atoms with Crippen LogP contribution >= 0.6 is 0 Å². The van der Waals surface area contributed by atoms with E-state index in [0.717, 1.165) is 50.9 Å². The van der Waals surface area contributed by atoms with E-state index in [9.17, 15) is 9.90 Å². The molecule has 2 unspecified atom stereocenters. The summed E-state index contributed by atoms with van der Waals surface area (Å²) in [6.07, 6.45) is 4.44. The Morgan fingerprint density at radius 1 is 1.03 bits per heavy atom. The zero-order chi connectivity index (χ0) is 22.2. The predicted molar refractivity (Wildman–Crippen MR) is 124 cm³/mol. The number of carbonyl (C=O) groups is 1. The Labute approximate surface area is 190 Å². The number of aliphatic hydroxyl groups excluding tert-OH is 1. The molecule has 2 atom stereocenters.